The van der Waals surface area contributed by atoms with Gasteiger partial charge in [0.1, 0.15) is 10.1 Å². The molecule has 0 aromatic heterocycles. The maximum absolute atomic E-state index is 13.3. The first-order valence-electron chi connectivity index (χ1n) is 10.4. The Labute approximate surface area is 192 Å². The molecule has 1 saturated heterocycles. The van der Waals surface area contributed by atoms with Crippen LogP contribution in [0.1, 0.15) is 30.9 Å². The van der Waals surface area contributed by atoms with E-state index in [4.69, 9.17) is 17.0 Å². The number of thioether (sulfide) groups is 1. The highest BCUT2D eigenvalue weighted by Gasteiger charge is 2.41. The molecule has 0 saturated carbocycles. The van der Waals surface area contributed by atoms with Crippen molar-refractivity contribution >= 4 is 51.4 Å². The lowest BCUT2D eigenvalue weighted by Crippen LogP contribution is -2.31. The van der Waals surface area contributed by atoms with Gasteiger partial charge in [0.2, 0.25) is 0 Å². The molecule has 5 nitrogen and oxygen atoms in total. The third-order valence-electron chi connectivity index (χ3n) is 5.52. The van der Waals surface area contributed by atoms with Crippen LogP contribution in [0.4, 0.5) is 5.69 Å². The monoisotopic (exact) mass is 452 g/mol. The van der Waals surface area contributed by atoms with Crippen LogP contribution in [-0.4, -0.2) is 41.2 Å². The number of carbonyl (C=O) groups is 2. The Balaban J connectivity index is 1.59. The summed E-state index contributed by atoms with van der Waals surface area (Å²) in [5.41, 5.74) is 3.27. The second-order valence-electron chi connectivity index (χ2n) is 7.45. The second kappa shape index (κ2) is 9.24. The van der Waals surface area contributed by atoms with Crippen molar-refractivity contribution in [3.05, 3.63) is 64.6 Å². The van der Waals surface area contributed by atoms with Crippen molar-refractivity contribution in [3.8, 4) is 5.75 Å². The van der Waals surface area contributed by atoms with Gasteiger partial charge in [-0.1, -0.05) is 67.7 Å². The van der Waals surface area contributed by atoms with Gasteiger partial charge < -0.3 is 9.64 Å². The highest BCUT2D eigenvalue weighted by atomic mass is 32.2. The van der Waals surface area contributed by atoms with Crippen LogP contribution >= 0.6 is 24.0 Å². The van der Waals surface area contributed by atoms with Crippen LogP contribution < -0.4 is 9.64 Å². The summed E-state index contributed by atoms with van der Waals surface area (Å²) in [5, 5.41) is 0. The van der Waals surface area contributed by atoms with Crippen molar-refractivity contribution in [1.82, 2.24) is 4.90 Å². The topological polar surface area (TPSA) is 49.9 Å². The standard InChI is InChI=1S/C24H24N2O3S2/c1-3-4-14-25-19-8-6-5-7-18(19)20(22(25)27)21-23(28)26(24(30)31-21)15-13-16-9-11-17(29-2)12-10-16/h5-12H,3-4,13-15H2,1-2H3. The van der Waals surface area contributed by atoms with E-state index in [1.54, 1.807) is 16.9 Å². The van der Waals surface area contributed by atoms with Crippen LogP contribution in [0, 0.1) is 0 Å². The molecule has 2 amide bonds. The maximum Gasteiger partial charge on any atom is 0.267 e. The number of unbranched alkanes of at least 4 members (excludes halogenated alkanes) is 1. The molecular weight excluding hydrogens is 428 g/mol. The molecule has 0 atom stereocenters. The predicted molar refractivity (Wildman–Crippen MR) is 129 cm³/mol. The van der Waals surface area contributed by atoms with Gasteiger partial charge >= 0.3 is 0 Å². The van der Waals surface area contributed by atoms with Gasteiger partial charge in [-0.25, -0.2) is 0 Å². The number of amides is 2. The number of benzene rings is 2. The fourth-order valence-corrected chi connectivity index (χ4v) is 5.19. The molecule has 4 rings (SSSR count). The second-order valence-corrected chi connectivity index (χ2v) is 9.10. The lowest BCUT2D eigenvalue weighted by molar-refractivity contribution is -0.122. The Hall–Kier alpha value is -2.64. The number of ether oxygens (including phenoxy) is 1. The largest absolute Gasteiger partial charge is 0.497 e. The average Bonchev–Trinajstić information content (AvgIpc) is 3.22. The quantitative estimate of drug-likeness (QED) is 0.452. The number of hydrogen-bond acceptors (Lipinski definition) is 5. The molecular formula is C24H24N2O3S2. The van der Waals surface area contributed by atoms with Gasteiger partial charge in [0.25, 0.3) is 11.8 Å². The highest BCUT2D eigenvalue weighted by Crippen LogP contribution is 2.44. The molecule has 31 heavy (non-hydrogen) atoms. The molecule has 0 bridgehead atoms. The van der Waals surface area contributed by atoms with E-state index in [-0.39, 0.29) is 11.8 Å². The number of methoxy groups -OCH3 is 1. The number of fused-ring (bicyclic) bond motifs is 1. The molecule has 0 unspecified atom stereocenters. The number of thiocarbonyl (C=S) groups is 1. The third-order valence-corrected chi connectivity index (χ3v) is 6.97. The van der Waals surface area contributed by atoms with Crippen molar-refractivity contribution in [2.75, 3.05) is 25.1 Å². The Morgan fingerprint density at radius 3 is 2.42 bits per heavy atom. The van der Waals surface area contributed by atoms with Crippen molar-refractivity contribution in [3.63, 3.8) is 0 Å². The van der Waals surface area contributed by atoms with Gasteiger partial charge in [-0.05, 0) is 36.6 Å². The van der Waals surface area contributed by atoms with E-state index in [1.165, 1.54) is 11.8 Å². The van der Waals surface area contributed by atoms with Crippen LogP contribution in [0.2, 0.25) is 0 Å². The molecule has 1 fully saturated rings. The van der Waals surface area contributed by atoms with E-state index in [2.05, 4.69) is 6.92 Å². The molecule has 0 aliphatic carbocycles. The molecule has 7 heteroatoms. The number of hydrogen-bond donors (Lipinski definition) is 0. The molecule has 2 heterocycles. The maximum atomic E-state index is 13.3. The zero-order valence-corrected chi connectivity index (χ0v) is 19.2. The lowest BCUT2D eigenvalue weighted by atomic mass is 10.1. The summed E-state index contributed by atoms with van der Waals surface area (Å²) >= 11 is 6.74. The zero-order valence-electron chi connectivity index (χ0n) is 17.6. The van der Waals surface area contributed by atoms with Crippen molar-refractivity contribution in [1.29, 1.82) is 0 Å². The number of para-hydroxylation sites is 1. The van der Waals surface area contributed by atoms with Gasteiger partial charge in [-0.2, -0.15) is 0 Å². The van der Waals surface area contributed by atoms with Crippen molar-refractivity contribution in [2.24, 2.45) is 0 Å². The Morgan fingerprint density at radius 1 is 0.968 bits per heavy atom. The molecule has 2 aliphatic rings. The van der Waals surface area contributed by atoms with Gasteiger partial charge in [0.15, 0.2) is 0 Å². The van der Waals surface area contributed by atoms with Gasteiger partial charge in [-0.15, -0.1) is 0 Å². The van der Waals surface area contributed by atoms with Crippen LogP contribution in [0.25, 0.3) is 5.57 Å². The highest BCUT2D eigenvalue weighted by molar-refractivity contribution is 8.26. The number of nitrogens with zero attached hydrogens (tertiary/aromatic N) is 2. The molecule has 2 aliphatic heterocycles. The molecule has 0 spiro atoms. The smallest absolute Gasteiger partial charge is 0.267 e. The molecule has 0 radical (unpaired) electrons. The van der Waals surface area contributed by atoms with Crippen molar-refractivity contribution < 1.29 is 14.3 Å². The number of anilines is 1. The summed E-state index contributed by atoms with van der Waals surface area (Å²) in [4.78, 5) is 30.4. The van der Waals surface area contributed by atoms with E-state index in [0.29, 0.717) is 34.3 Å². The van der Waals surface area contributed by atoms with Gasteiger partial charge in [-0.3, -0.25) is 14.5 Å². The van der Waals surface area contributed by atoms with E-state index < -0.39 is 0 Å². The summed E-state index contributed by atoms with van der Waals surface area (Å²) in [7, 11) is 1.63. The Bertz CT molecular complexity index is 1060. The first-order chi connectivity index (χ1) is 15.0. The summed E-state index contributed by atoms with van der Waals surface area (Å²) in [6.45, 7) is 3.22. The molecule has 2 aromatic carbocycles. The fraction of sp³-hybridized carbons (Fsp3) is 0.292. The summed E-state index contributed by atoms with van der Waals surface area (Å²) in [6.07, 6.45) is 2.58. The van der Waals surface area contributed by atoms with E-state index >= 15 is 0 Å². The molecule has 160 valence electrons. The van der Waals surface area contributed by atoms with E-state index in [9.17, 15) is 9.59 Å². The minimum atomic E-state index is -0.181. The minimum Gasteiger partial charge on any atom is -0.497 e. The van der Waals surface area contributed by atoms with E-state index in [1.807, 2.05) is 48.5 Å². The average molecular weight is 453 g/mol. The Morgan fingerprint density at radius 2 is 1.71 bits per heavy atom. The minimum absolute atomic E-state index is 0.106. The normalized spacial score (nSPS) is 18.2. The SMILES string of the molecule is CCCCN1C(=O)C(=C2SC(=S)N(CCc3ccc(OC)cc3)C2=O)c2ccccc21. The van der Waals surface area contributed by atoms with Crippen LogP contribution in [0.5, 0.6) is 5.75 Å². The van der Waals surface area contributed by atoms with Crippen LogP contribution in [0.3, 0.4) is 0 Å². The van der Waals surface area contributed by atoms with Crippen LogP contribution in [-0.2, 0) is 16.0 Å². The van der Waals surface area contributed by atoms with Gasteiger partial charge in [0.05, 0.1) is 23.3 Å². The van der Waals surface area contributed by atoms with Gasteiger partial charge in [0, 0.05) is 18.7 Å². The summed E-state index contributed by atoms with van der Waals surface area (Å²) < 4.78 is 5.69. The predicted octanol–water partition coefficient (Wildman–Crippen LogP) is 4.66. The van der Waals surface area contributed by atoms with E-state index in [0.717, 1.165) is 35.4 Å². The number of rotatable bonds is 7. The number of carbonyl (C=O) groups excluding carboxylic acids is 2. The first-order valence-corrected chi connectivity index (χ1v) is 11.6. The first kappa shape index (κ1) is 21.6. The van der Waals surface area contributed by atoms with Crippen molar-refractivity contribution in [2.45, 2.75) is 26.2 Å². The molecule has 0 N–H and O–H groups in total. The third kappa shape index (κ3) is 4.12. The molecule has 2 aromatic rings. The summed E-state index contributed by atoms with van der Waals surface area (Å²) in [5.74, 6) is 0.509. The zero-order chi connectivity index (χ0) is 22.0. The fourth-order valence-electron chi connectivity index (χ4n) is 3.81. The van der Waals surface area contributed by atoms with Crippen LogP contribution in [0.15, 0.2) is 53.4 Å². The Kier molecular flexibility index (Phi) is 6.43. The summed E-state index contributed by atoms with van der Waals surface area (Å²) in [6, 6.07) is 15.5. The lowest BCUT2D eigenvalue weighted by Gasteiger charge is -2.16.